The quantitative estimate of drug-likeness (QED) is 0.457. The Morgan fingerprint density at radius 3 is 3.00 bits per heavy atom. The summed E-state index contributed by atoms with van der Waals surface area (Å²) in [5.41, 5.74) is 1.89. The monoisotopic (exact) mass is 381 g/mol. The molecule has 0 atom stereocenters. The van der Waals surface area contributed by atoms with E-state index in [1.807, 2.05) is 53.4 Å². The average molecular weight is 381 g/mol. The Balaban J connectivity index is 1.48. The molecule has 0 bridgehead atoms. The number of hydrogen-bond donors (Lipinski definition) is 0. The van der Waals surface area contributed by atoms with Gasteiger partial charge >= 0.3 is 0 Å². The average Bonchev–Trinajstić information content (AvgIpc) is 3.41. The van der Waals surface area contributed by atoms with E-state index in [9.17, 15) is 0 Å². The summed E-state index contributed by atoms with van der Waals surface area (Å²) < 4.78 is 7.36. The molecule has 0 radical (unpaired) electrons. The second kappa shape index (κ2) is 7.27. The zero-order chi connectivity index (χ0) is 17.9. The van der Waals surface area contributed by atoms with Crippen LogP contribution >= 0.6 is 23.1 Å². The fourth-order valence-corrected chi connectivity index (χ4v) is 3.92. The molecule has 0 aliphatic carbocycles. The molecule has 1 aromatic carbocycles. The van der Waals surface area contributed by atoms with Gasteiger partial charge in [-0.1, -0.05) is 47.8 Å². The Kier molecular flexibility index (Phi) is 4.68. The van der Waals surface area contributed by atoms with Crippen molar-refractivity contribution in [1.82, 2.24) is 24.9 Å². The third kappa shape index (κ3) is 3.33. The summed E-state index contributed by atoms with van der Waals surface area (Å²) >= 11 is 3.17. The molecule has 8 heteroatoms. The van der Waals surface area contributed by atoms with Gasteiger partial charge in [-0.2, -0.15) is 4.98 Å². The Morgan fingerprint density at radius 1 is 1.27 bits per heavy atom. The highest BCUT2D eigenvalue weighted by Gasteiger charge is 2.14. The number of benzene rings is 1. The van der Waals surface area contributed by atoms with Gasteiger partial charge in [0.1, 0.15) is 0 Å². The van der Waals surface area contributed by atoms with Crippen molar-refractivity contribution in [3.63, 3.8) is 0 Å². The van der Waals surface area contributed by atoms with Crippen LogP contribution in [0.15, 0.2) is 58.0 Å². The SMILES string of the molecule is C=Cc1cccc(-c2nc(CSc3nnc(-c4cccs4)n3C)no2)c1. The molecule has 0 aliphatic rings. The normalized spacial score (nSPS) is 11.0. The molecule has 4 rings (SSSR count). The molecule has 26 heavy (non-hydrogen) atoms. The topological polar surface area (TPSA) is 69.6 Å². The fraction of sp³-hybridized carbons (Fsp3) is 0.111. The van der Waals surface area contributed by atoms with Crippen molar-refractivity contribution in [2.75, 3.05) is 0 Å². The van der Waals surface area contributed by atoms with Gasteiger partial charge in [0.15, 0.2) is 16.8 Å². The molecule has 0 unspecified atom stereocenters. The molecule has 130 valence electrons. The Labute approximate surface area is 158 Å². The first-order valence-corrected chi connectivity index (χ1v) is 9.72. The molecular weight excluding hydrogens is 366 g/mol. The van der Waals surface area contributed by atoms with Crippen LogP contribution in [0.25, 0.3) is 28.2 Å². The van der Waals surface area contributed by atoms with Crippen molar-refractivity contribution >= 4 is 29.2 Å². The van der Waals surface area contributed by atoms with Crippen LogP contribution in [0.3, 0.4) is 0 Å². The van der Waals surface area contributed by atoms with Crippen LogP contribution in [0, 0.1) is 0 Å². The summed E-state index contributed by atoms with van der Waals surface area (Å²) in [6, 6.07) is 11.9. The summed E-state index contributed by atoms with van der Waals surface area (Å²) in [4.78, 5) is 5.56. The summed E-state index contributed by atoms with van der Waals surface area (Å²) in [7, 11) is 1.96. The maximum absolute atomic E-state index is 5.38. The molecular formula is C18H15N5OS2. The zero-order valence-corrected chi connectivity index (χ0v) is 15.6. The molecule has 6 nitrogen and oxygen atoms in total. The van der Waals surface area contributed by atoms with E-state index in [1.54, 1.807) is 17.4 Å². The third-order valence-electron chi connectivity index (χ3n) is 3.74. The number of hydrogen-bond acceptors (Lipinski definition) is 7. The Hall–Kier alpha value is -2.71. The van der Waals surface area contributed by atoms with E-state index in [0.717, 1.165) is 27.0 Å². The minimum absolute atomic E-state index is 0.501. The van der Waals surface area contributed by atoms with Crippen LogP contribution in [-0.4, -0.2) is 24.9 Å². The van der Waals surface area contributed by atoms with Crippen LogP contribution in [0.2, 0.25) is 0 Å². The second-order valence-corrected chi connectivity index (χ2v) is 7.37. The molecule has 0 N–H and O–H groups in total. The summed E-state index contributed by atoms with van der Waals surface area (Å²) in [5.74, 6) is 2.54. The Bertz CT molecular complexity index is 1040. The highest BCUT2D eigenvalue weighted by atomic mass is 32.2. The van der Waals surface area contributed by atoms with Gasteiger partial charge in [0.05, 0.1) is 10.6 Å². The van der Waals surface area contributed by atoms with E-state index >= 15 is 0 Å². The summed E-state index contributed by atoms with van der Waals surface area (Å²) in [6.45, 7) is 3.78. The van der Waals surface area contributed by atoms with Crippen molar-refractivity contribution in [3.8, 4) is 22.2 Å². The van der Waals surface area contributed by atoms with Crippen molar-refractivity contribution in [1.29, 1.82) is 0 Å². The van der Waals surface area contributed by atoms with Gasteiger partial charge in [0.25, 0.3) is 5.89 Å². The number of nitrogens with zero attached hydrogens (tertiary/aromatic N) is 5. The lowest BCUT2D eigenvalue weighted by atomic mass is 10.1. The first-order valence-electron chi connectivity index (χ1n) is 7.86. The minimum Gasteiger partial charge on any atom is -0.334 e. The van der Waals surface area contributed by atoms with Gasteiger partial charge in [-0.3, -0.25) is 0 Å². The van der Waals surface area contributed by atoms with Gasteiger partial charge in [-0.05, 0) is 29.1 Å². The fourth-order valence-electron chi connectivity index (χ4n) is 2.42. The molecule has 0 aliphatic heterocycles. The van der Waals surface area contributed by atoms with Crippen LogP contribution in [0.1, 0.15) is 11.4 Å². The smallest absolute Gasteiger partial charge is 0.257 e. The predicted octanol–water partition coefficient (Wildman–Crippen LogP) is 4.53. The van der Waals surface area contributed by atoms with Crippen molar-refractivity contribution in [3.05, 3.63) is 59.7 Å². The van der Waals surface area contributed by atoms with Crippen molar-refractivity contribution in [2.45, 2.75) is 10.9 Å². The van der Waals surface area contributed by atoms with Crippen LogP contribution < -0.4 is 0 Å². The number of thiophene rings is 1. The second-order valence-electron chi connectivity index (χ2n) is 5.48. The van der Waals surface area contributed by atoms with Crippen LogP contribution in [-0.2, 0) is 12.8 Å². The molecule has 0 saturated carbocycles. The van der Waals surface area contributed by atoms with Gasteiger partial charge < -0.3 is 9.09 Å². The van der Waals surface area contributed by atoms with Crippen LogP contribution in [0.5, 0.6) is 0 Å². The molecule has 3 aromatic heterocycles. The molecule has 0 spiro atoms. The Morgan fingerprint density at radius 2 is 2.19 bits per heavy atom. The lowest BCUT2D eigenvalue weighted by Gasteiger charge is -2.00. The van der Waals surface area contributed by atoms with Gasteiger partial charge in [-0.15, -0.1) is 21.5 Å². The van der Waals surface area contributed by atoms with E-state index in [4.69, 9.17) is 4.52 Å². The van der Waals surface area contributed by atoms with E-state index in [1.165, 1.54) is 11.8 Å². The van der Waals surface area contributed by atoms with Crippen molar-refractivity contribution in [2.24, 2.45) is 7.05 Å². The number of rotatable bonds is 6. The molecule has 3 heterocycles. The largest absolute Gasteiger partial charge is 0.334 e. The standard InChI is InChI=1S/C18H15N5OS2/c1-3-12-6-4-7-13(10-12)17-19-15(22-24-17)11-26-18-21-20-16(23(18)2)14-8-5-9-25-14/h3-10H,1,11H2,2H3. The minimum atomic E-state index is 0.501. The van der Waals surface area contributed by atoms with Crippen LogP contribution in [0.4, 0.5) is 0 Å². The van der Waals surface area contributed by atoms with Gasteiger partial charge in [0, 0.05) is 12.6 Å². The maximum Gasteiger partial charge on any atom is 0.257 e. The first kappa shape index (κ1) is 16.7. The maximum atomic E-state index is 5.38. The first-order chi connectivity index (χ1) is 12.7. The van der Waals surface area contributed by atoms with E-state index in [2.05, 4.69) is 26.9 Å². The van der Waals surface area contributed by atoms with Gasteiger partial charge in [0.2, 0.25) is 0 Å². The molecule has 0 amide bonds. The lowest BCUT2D eigenvalue weighted by Crippen LogP contribution is -1.94. The highest BCUT2D eigenvalue weighted by Crippen LogP contribution is 2.27. The summed E-state index contributed by atoms with van der Waals surface area (Å²) in [6.07, 6.45) is 1.79. The van der Waals surface area contributed by atoms with E-state index in [0.29, 0.717) is 17.5 Å². The van der Waals surface area contributed by atoms with Gasteiger partial charge in [-0.25, -0.2) is 0 Å². The summed E-state index contributed by atoms with van der Waals surface area (Å²) in [5, 5.41) is 15.4. The third-order valence-corrected chi connectivity index (χ3v) is 5.63. The number of thioether (sulfide) groups is 1. The van der Waals surface area contributed by atoms with Crippen molar-refractivity contribution < 1.29 is 4.52 Å². The highest BCUT2D eigenvalue weighted by molar-refractivity contribution is 7.98. The predicted molar refractivity (Wildman–Crippen MR) is 104 cm³/mol. The number of aromatic nitrogens is 5. The van der Waals surface area contributed by atoms with E-state index < -0.39 is 0 Å². The lowest BCUT2D eigenvalue weighted by molar-refractivity contribution is 0.425. The molecule has 0 saturated heterocycles. The van der Waals surface area contributed by atoms with E-state index in [-0.39, 0.29) is 0 Å². The molecule has 4 aromatic rings. The molecule has 0 fully saturated rings. The zero-order valence-electron chi connectivity index (χ0n) is 14.0.